The monoisotopic (exact) mass is 449 g/mol. The highest BCUT2D eigenvalue weighted by Gasteiger charge is 2.18. The fraction of sp³-hybridized carbons (Fsp3) is 0.280. The lowest BCUT2D eigenvalue weighted by Crippen LogP contribution is -2.36. The summed E-state index contributed by atoms with van der Waals surface area (Å²) in [6, 6.07) is 6.84. The minimum Gasteiger partial charge on any atom is -0.488 e. The molecule has 0 radical (unpaired) electrons. The summed E-state index contributed by atoms with van der Waals surface area (Å²) < 4.78 is 11.4. The number of amides is 2. The topological polar surface area (TPSA) is 111 Å². The van der Waals surface area contributed by atoms with Crippen molar-refractivity contribution in [2.75, 3.05) is 19.7 Å². The van der Waals surface area contributed by atoms with Crippen LogP contribution in [0.2, 0.25) is 0 Å². The van der Waals surface area contributed by atoms with Gasteiger partial charge in [0.25, 0.3) is 5.91 Å². The van der Waals surface area contributed by atoms with Gasteiger partial charge in [0.15, 0.2) is 0 Å². The van der Waals surface area contributed by atoms with Crippen LogP contribution in [0.1, 0.15) is 34.0 Å². The lowest BCUT2D eigenvalue weighted by molar-refractivity contribution is -0.120. The van der Waals surface area contributed by atoms with E-state index in [2.05, 4.69) is 22.2 Å². The van der Waals surface area contributed by atoms with Crippen LogP contribution in [0.15, 0.2) is 58.0 Å². The SMILES string of the molecule is C=C(C)COc1cc(C)cc2oc(=O)c(CC(=O)NCCNC(=O)c3ccncc3)c(C)c12. The highest BCUT2D eigenvalue weighted by Crippen LogP contribution is 2.31. The van der Waals surface area contributed by atoms with Crippen LogP contribution >= 0.6 is 0 Å². The molecule has 0 fully saturated rings. The third-order valence-electron chi connectivity index (χ3n) is 4.97. The summed E-state index contributed by atoms with van der Waals surface area (Å²) in [7, 11) is 0. The standard InChI is InChI=1S/C25H27N3O5/c1-15(2)14-32-20-11-16(3)12-21-23(20)17(4)19(25(31)33-21)13-22(29)27-9-10-28-24(30)18-5-7-26-8-6-18/h5-8,11-12H,1,9-10,13-14H2,2-4H3,(H,27,29)(H,28,30). The number of carbonyl (C=O) groups is 2. The zero-order valence-electron chi connectivity index (χ0n) is 19.0. The molecule has 8 heteroatoms. The van der Waals surface area contributed by atoms with Crippen LogP contribution in [-0.2, 0) is 11.2 Å². The maximum atomic E-state index is 12.6. The first kappa shape index (κ1) is 23.7. The van der Waals surface area contributed by atoms with Gasteiger partial charge in [0.05, 0.1) is 17.4 Å². The zero-order valence-corrected chi connectivity index (χ0v) is 19.0. The second-order valence-electron chi connectivity index (χ2n) is 7.89. The van der Waals surface area contributed by atoms with Crippen molar-refractivity contribution >= 4 is 22.8 Å². The molecule has 0 saturated heterocycles. The summed E-state index contributed by atoms with van der Waals surface area (Å²) in [5.74, 6) is -0.0237. The number of carbonyl (C=O) groups excluding carboxylic acids is 2. The van der Waals surface area contributed by atoms with Crippen LogP contribution in [0.4, 0.5) is 0 Å². The summed E-state index contributed by atoms with van der Waals surface area (Å²) in [6.07, 6.45) is 2.92. The average Bonchev–Trinajstić information content (AvgIpc) is 2.78. The van der Waals surface area contributed by atoms with Gasteiger partial charge in [-0.05, 0) is 61.7 Å². The smallest absolute Gasteiger partial charge is 0.340 e. The summed E-state index contributed by atoms with van der Waals surface area (Å²) in [5.41, 5.74) is 3.00. The van der Waals surface area contributed by atoms with E-state index in [1.807, 2.05) is 19.9 Å². The molecule has 0 atom stereocenters. The van der Waals surface area contributed by atoms with E-state index in [-0.39, 0.29) is 36.9 Å². The largest absolute Gasteiger partial charge is 0.488 e. The fourth-order valence-electron chi connectivity index (χ4n) is 3.36. The number of hydrogen-bond donors (Lipinski definition) is 2. The van der Waals surface area contributed by atoms with Crippen molar-refractivity contribution in [3.05, 3.63) is 81.5 Å². The minimum atomic E-state index is -0.558. The number of aryl methyl sites for hydroxylation is 2. The van der Waals surface area contributed by atoms with Crippen LogP contribution in [0.25, 0.3) is 11.0 Å². The van der Waals surface area contributed by atoms with E-state index < -0.39 is 5.63 Å². The molecule has 0 aliphatic heterocycles. The predicted molar refractivity (Wildman–Crippen MR) is 126 cm³/mol. The Kier molecular flexibility index (Phi) is 7.61. The van der Waals surface area contributed by atoms with E-state index in [4.69, 9.17) is 9.15 Å². The lowest BCUT2D eigenvalue weighted by atomic mass is 10.0. The quantitative estimate of drug-likeness (QED) is 0.295. The van der Waals surface area contributed by atoms with E-state index in [1.54, 1.807) is 25.1 Å². The molecule has 0 aliphatic carbocycles. The Morgan fingerprint density at radius 2 is 1.82 bits per heavy atom. The Hall–Kier alpha value is -3.94. The Morgan fingerprint density at radius 3 is 2.52 bits per heavy atom. The van der Waals surface area contributed by atoms with Gasteiger partial charge in [-0.25, -0.2) is 4.79 Å². The molecule has 0 spiro atoms. The van der Waals surface area contributed by atoms with Gasteiger partial charge in [-0.3, -0.25) is 14.6 Å². The molecule has 0 bridgehead atoms. The van der Waals surface area contributed by atoms with Gasteiger partial charge in [-0.1, -0.05) is 6.58 Å². The first-order valence-electron chi connectivity index (χ1n) is 10.5. The second kappa shape index (κ2) is 10.6. The van der Waals surface area contributed by atoms with Gasteiger partial charge < -0.3 is 19.8 Å². The fourth-order valence-corrected chi connectivity index (χ4v) is 3.36. The van der Waals surface area contributed by atoms with Gasteiger partial charge >= 0.3 is 5.63 Å². The number of fused-ring (bicyclic) bond motifs is 1. The van der Waals surface area contributed by atoms with Crippen LogP contribution in [0.3, 0.4) is 0 Å². The summed E-state index contributed by atoms with van der Waals surface area (Å²) >= 11 is 0. The van der Waals surface area contributed by atoms with Crippen molar-refractivity contribution in [3.8, 4) is 5.75 Å². The number of rotatable bonds is 9. The molecule has 172 valence electrons. The number of aromatic nitrogens is 1. The molecule has 3 rings (SSSR count). The van der Waals surface area contributed by atoms with Gasteiger partial charge in [-0.2, -0.15) is 0 Å². The zero-order chi connectivity index (χ0) is 24.0. The molecule has 8 nitrogen and oxygen atoms in total. The molecule has 3 aromatic rings. The lowest BCUT2D eigenvalue weighted by Gasteiger charge is -2.14. The Balaban J connectivity index is 1.69. The number of pyridine rings is 1. The normalized spacial score (nSPS) is 10.6. The van der Waals surface area contributed by atoms with Crippen molar-refractivity contribution in [2.45, 2.75) is 27.2 Å². The van der Waals surface area contributed by atoms with Crippen LogP contribution in [-0.4, -0.2) is 36.5 Å². The van der Waals surface area contributed by atoms with Gasteiger partial charge in [0.2, 0.25) is 5.91 Å². The van der Waals surface area contributed by atoms with Crippen molar-refractivity contribution < 1.29 is 18.7 Å². The molecule has 2 N–H and O–H groups in total. The van der Waals surface area contributed by atoms with Gasteiger partial charge in [0, 0.05) is 31.0 Å². The molecular formula is C25H27N3O5. The molecule has 33 heavy (non-hydrogen) atoms. The first-order valence-corrected chi connectivity index (χ1v) is 10.5. The number of nitrogens with zero attached hydrogens (tertiary/aromatic N) is 1. The Morgan fingerprint density at radius 1 is 1.12 bits per heavy atom. The predicted octanol–water partition coefficient (Wildman–Crippen LogP) is 2.85. The highest BCUT2D eigenvalue weighted by atomic mass is 16.5. The third kappa shape index (κ3) is 6.06. The van der Waals surface area contributed by atoms with Gasteiger partial charge in [0.1, 0.15) is 17.9 Å². The number of ether oxygens (including phenoxy) is 1. The van der Waals surface area contributed by atoms with E-state index >= 15 is 0 Å². The van der Waals surface area contributed by atoms with Crippen molar-refractivity contribution in [1.82, 2.24) is 15.6 Å². The second-order valence-corrected chi connectivity index (χ2v) is 7.89. The van der Waals surface area contributed by atoms with Crippen LogP contribution < -0.4 is 21.0 Å². The van der Waals surface area contributed by atoms with Crippen molar-refractivity contribution in [3.63, 3.8) is 0 Å². The Bertz CT molecular complexity index is 1250. The maximum absolute atomic E-state index is 12.6. The molecular weight excluding hydrogens is 422 g/mol. The molecule has 2 aromatic heterocycles. The third-order valence-corrected chi connectivity index (χ3v) is 4.97. The van der Waals surface area contributed by atoms with E-state index in [1.165, 1.54) is 12.4 Å². The first-order chi connectivity index (χ1) is 15.8. The van der Waals surface area contributed by atoms with E-state index in [0.29, 0.717) is 34.5 Å². The maximum Gasteiger partial charge on any atom is 0.340 e. The van der Waals surface area contributed by atoms with E-state index in [0.717, 1.165) is 11.1 Å². The number of benzene rings is 1. The highest BCUT2D eigenvalue weighted by molar-refractivity contribution is 5.94. The number of nitrogens with one attached hydrogen (secondary N) is 2. The summed E-state index contributed by atoms with van der Waals surface area (Å²) in [5, 5.41) is 6.09. The molecule has 0 aliphatic rings. The number of hydrogen-bond acceptors (Lipinski definition) is 6. The van der Waals surface area contributed by atoms with Crippen molar-refractivity contribution in [2.24, 2.45) is 0 Å². The van der Waals surface area contributed by atoms with Gasteiger partial charge in [-0.15, -0.1) is 0 Å². The summed E-state index contributed by atoms with van der Waals surface area (Å²) in [4.78, 5) is 40.9. The minimum absolute atomic E-state index is 0.143. The Labute approximate surface area is 191 Å². The molecule has 1 aromatic carbocycles. The van der Waals surface area contributed by atoms with Crippen LogP contribution in [0, 0.1) is 13.8 Å². The molecule has 0 unspecified atom stereocenters. The van der Waals surface area contributed by atoms with Crippen molar-refractivity contribution in [1.29, 1.82) is 0 Å². The summed E-state index contributed by atoms with van der Waals surface area (Å²) in [6.45, 7) is 10.2. The van der Waals surface area contributed by atoms with Crippen LogP contribution in [0.5, 0.6) is 5.75 Å². The van der Waals surface area contributed by atoms with E-state index in [9.17, 15) is 14.4 Å². The average molecular weight is 450 g/mol. The molecule has 0 saturated carbocycles. The molecule has 2 amide bonds. The molecule has 2 heterocycles.